The van der Waals surface area contributed by atoms with Crippen LogP contribution in [0.15, 0.2) is 42.5 Å². The van der Waals surface area contributed by atoms with Crippen molar-refractivity contribution in [1.29, 1.82) is 0 Å². The molecule has 0 bridgehead atoms. The molecule has 146 valence electrons. The third-order valence-corrected chi connectivity index (χ3v) is 5.93. The van der Waals surface area contributed by atoms with E-state index in [4.69, 9.17) is 0 Å². The highest BCUT2D eigenvalue weighted by Gasteiger charge is 2.25. The maximum Gasteiger partial charge on any atom is 0.238 e. The van der Waals surface area contributed by atoms with E-state index in [0.29, 0.717) is 6.54 Å². The molecule has 1 aliphatic heterocycles. The Labute approximate surface area is 168 Å². The van der Waals surface area contributed by atoms with Gasteiger partial charge in [0.05, 0.1) is 6.54 Å². The van der Waals surface area contributed by atoms with Crippen LogP contribution in [0.4, 0.5) is 5.69 Å². The summed E-state index contributed by atoms with van der Waals surface area (Å²) in [6, 6.07) is 15.0. The number of fused-ring (bicyclic) bond motifs is 1. The molecule has 1 amide bonds. The van der Waals surface area contributed by atoms with Gasteiger partial charge in [0.15, 0.2) is 0 Å². The molecule has 1 saturated heterocycles. The molecule has 1 heterocycles. The number of nitrogens with one attached hydrogen (secondary N) is 1. The second-order valence-electron chi connectivity index (χ2n) is 7.68. The summed E-state index contributed by atoms with van der Waals surface area (Å²) in [4.78, 5) is 17.5. The van der Waals surface area contributed by atoms with Crippen molar-refractivity contribution in [3.63, 3.8) is 0 Å². The molecular formula is C22H29ClN3O-. The van der Waals surface area contributed by atoms with Gasteiger partial charge >= 0.3 is 0 Å². The van der Waals surface area contributed by atoms with Crippen LogP contribution in [0.1, 0.15) is 32.1 Å². The van der Waals surface area contributed by atoms with E-state index in [1.807, 2.05) is 24.3 Å². The van der Waals surface area contributed by atoms with Gasteiger partial charge in [-0.25, -0.2) is 0 Å². The Balaban J connectivity index is 0.00000210. The number of hydrogen-bond acceptors (Lipinski definition) is 3. The van der Waals surface area contributed by atoms with E-state index in [9.17, 15) is 4.79 Å². The van der Waals surface area contributed by atoms with E-state index >= 15 is 0 Å². The Morgan fingerprint density at radius 2 is 1.63 bits per heavy atom. The number of piperazine rings is 1. The maximum atomic E-state index is 12.5. The van der Waals surface area contributed by atoms with Crippen molar-refractivity contribution < 1.29 is 17.2 Å². The third-order valence-electron chi connectivity index (χ3n) is 5.93. The standard InChI is InChI=1S/C22H29N3O.ClH/c26-22(23-21-12-6-8-18-7-4-5-11-20(18)21)17-24-13-15-25(16-14-24)19-9-2-1-3-10-19;/h4-8,11-12,19H,1-3,9-10,13-17H2,(H,23,26);1H/p-1. The Hall–Kier alpha value is -1.62. The lowest BCUT2D eigenvalue weighted by atomic mass is 9.94. The monoisotopic (exact) mass is 386 g/mol. The number of rotatable bonds is 4. The molecule has 2 aromatic carbocycles. The largest absolute Gasteiger partial charge is 1.00 e. The summed E-state index contributed by atoms with van der Waals surface area (Å²) in [7, 11) is 0. The SMILES string of the molecule is O=C(CN1CCN(C2CCCCC2)CC1)Nc1cccc2ccccc12.[Cl-]. The predicted molar refractivity (Wildman–Crippen MR) is 107 cm³/mol. The first-order valence-corrected chi connectivity index (χ1v) is 10.0. The van der Waals surface area contributed by atoms with Crippen molar-refractivity contribution in [2.45, 2.75) is 38.1 Å². The molecule has 4 nitrogen and oxygen atoms in total. The Morgan fingerprint density at radius 3 is 2.41 bits per heavy atom. The molecule has 0 atom stereocenters. The smallest absolute Gasteiger partial charge is 0.238 e. The number of halogens is 1. The quantitative estimate of drug-likeness (QED) is 0.841. The van der Waals surface area contributed by atoms with Gasteiger partial charge in [0.1, 0.15) is 0 Å². The first kappa shape index (κ1) is 20.1. The highest BCUT2D eigenvalue weighted by Crippen LogP contribution is 2.24. The van der Waals surface area contributed by atoms with E-state index in [0.717, 1.165) is 48.7 Å². The van der Waals surface area contributed by atoms with E-state index in [1.165, 1.54) is 32.1 Å². The molecule has 0 unspecified atom stereocenters. The van der Waals surface area contributed by atoms with E-state index in [1.54, 1.807) is 0 Å². The van der Waals surface area contributed by atoms with Gasteiger partial charge in [-0.3, -0.25) is 14.6 Å². The maximum absolute atomic E-state index is 12.5. The average Bonchev–Trinajstić information content (AvgIpc) is 2.69. The number of hydrogen-bond donors (Lipinski definition) is 1. The lowest BCUT2D eigenvalue weighted by Crippen LogP contribution is -3.00. The second kappa shape index (κ2) is 9.54. The molecule has 0 aromatic heterocycles. The van der Waals surface area contributed by atoms with Gasteiger partial charge in [0.2, 0.25) is 5.91 Å². The summed E-state index contributed by atoms with van der Waals surface area (Å²) in [6.07, 6.45) is 6.91. The van der Waals surface area contributed by atoms with Gasteiger partial charge in [0.25, 0.3) is 0 Å². The molecule has 0 radical (unpaired) electrons. The molecule has 2 aliphatic rings. The number of anilines is 1. The zero-order valence-electron chi connectivity index (χ0n) is 15.9. The van der Waals surface area contributed by atoms with Crippen LogP contribution in [0, 0.1) is 0 Å². The normalized spacial score (nSPS) is 19.6. The van der Waals surface area contributed by atoms with Gasteiger partial charge in [-0.15, -0.1) is 0 Å². The molecule has 5 heteroatoms. The highest BCUT2D eigenvalue weighted by molar-refractivity contribution is 6.02. The van der Waals surface area contributed by atoms with E-state index < -0.39 is 0 Å². The Morgan fingerprint density at radius 1 is 0.926 bits per heavy atom. The molecule has 27 heavy (non-hydrogen) atoms. The number of amides is 1. The van der Waals surface area contributed by atoms with Crippen LogP contribution in [0.25, 0.3) is 10.8 Å². The van der Waals surface area contributed by atoms with Crippen molar-refractivity contribution in [3.05, 3.63) is 42.5 Å². The molecule has 4 rings (SSSR count). The lowest BCUT2D eigenvalue weighted by Gasteiger charge is -2.40. The van der Waals surface area contributed by atoms with Crippen molar-refractivity contribution >= 4 is 22.4 Å². The van der Waals surface area contributed by atoms with Crippen molar-refractivity contribution in [2.75, 3.05) is 38.0 Å². The topological polar surface area (TPSA) is 35.6 Å². The summed E-state index contributed by atoms with van der Waals surface area (Å²) >= 11 is 0. The first-order valence-electron chi connectivity index (χ1n) is 10.0. The zero-order valence-corrected chi connectivity index (χ0v) is 16.6. The fraction of sp³-hybridized carbons (Fsp3) is 0.500. The van der Waals surface area contributed by atoms with Crippen LogP contribution >= 0.6 is 0 Å². The van der Waals surface area contributed by atoms with Crippen LogP contribution < -0.4 is 17.7 Å². The van der Waals surface area contributed by atoms with Crippen molar-refractivity contribution in [1.82, 2.24) is 9.80 Å². The summed E-state index contributed by atoms with van der Waals surface area (Å²) in [5.41, 5.74) is 0.911. The summed E-state index contributed by atoms with van der Waals surface area (Å²) < 4.78 is 0. The van der Waals surface area contributed by atoms with Crippen LogP contribution in [0.5, 0.6) is 0 Å². The average molecular weight is 387 g/mol. The van der Waals surface area contributed by atoms with Crippen LogP contribution in [0.3, 0.4) is 0 Å². The highest BCUT2D eigenvalue weighted by atomic mass is 35.5. The van der Waals surface area contributed by atoms with Crippen molar-refractivity contribution in [3.8, 4) is 0 Å². The van der Waals surface area contributed by atoms with Crippen molar-refractivity contribution in [2.24, 2.45) is 0 Å². The molecule has 1 saturated carbocycles. The van der Waals surface area contributed by atoms with Gasteiger partial charge < -0.3 is 17.7 Å². The van der Waals surface area contributed by atoms with E-state index in [2.05, 4.69) is 33.3 Å². The number of nitrogens with zero attached hydrogens (tertiary/aromatic N) is 2. The zero-order chi connectivity index (χ0) is 17.8. The van der Waals surface area contributed by atoms with Crippen LogP contribution in [-0.4, -0.2) is 54.5 Å². The first-order chi connectivity index (χ1) is 12.8. The molecule has 2 aromatic rings. The summed E-state index contributed by atoms with van der Waals surface area (Å²) in [6.45, 7) is 4.69. The molecule has 1 N–H and O–H groups in total. The third kappa shape index (κ3) is 5.01. The fourth-order valence-corrected chi connectivity index (χ4v) is 4.46. The molecule has 1 aliphatic carbocycles. The minimum absolute atomic E-state index is 0. The Kier molecular flexibility index (Phi) is 7.11. The number of benzene rings is 2. The van der Waals surface area contributed by atoms with Gasteiger partial charge in [-0.1, -0.05) is 55.7 Å². The summed E-state index contributed by atoms with van der Waals surface area (Å²) in [5, 5.41) is 5.37. The minimum atomic E-state index is 0. The fourth-order valence-electron chi connectivity index (χ4n) is 4.46. The number of carbonyl (C=O) groups is 1. The predicted octanol–water partition coefficient (Wildman–Crippen LogP) is 0.733. The van der Waals surface area contributed by atoms with Gasteiger partial charge in [0, 0.05) is 43.3 Å². The lowest BCUT2D eigenvalue weighted by molar-refractivity contribution is -0.117. The Bertz CT molecular complexity index is 747. The van der Waals surface area contributed by atoms with Crippen LogP contribution in [-0.2, 0) is 4.79 Å². The van der Waals surface area contributed by atoms with Gasteiger partial charge in [-0.05, 0) is 24.3 Å². The minimum Gasteiger partial charge on any atom is -1.00 e. The van der Waals surface area contributed by atoms with Crippen LogP contribution in [0.2, 0.25) is 0 Å². The molecule has 2 fully saturated rings. The van der Waals surface area contributed by atoms with E-state index in [-0.39, 0.29) is 18.3 Å². The number of carbonyl (C=O) groups excluding carboxylic acids is 1. The molecule has 0 spiro atoms. The summed E-state index contributed by atoms with van der Waals surface area (Å²) in [5.74, 6) is 0.0902. The van der Waals surface area contributed by atoms with Gasteiger partial charge in [-0.2, -0.15) is 0 Å². The molecular weight excluding hydrogens is 358 g/mol. The second-order valence-corrected chi connectivity index (χ2v) is 7.68.